The number of benzene rings is 1. The smallest absolute Gasteiger partial charge is 0.199 e. The minimum absolute atomic E-state index is 0.333. The molecular weight excluding hydrogens is 534 g/mol. The van der Waals surface area contributed by atoms with Crippen molar-refractivity contribution in [2.45, 2.75) is 151 Å². The van der Waals surface area contributed by atoms with Crippen LogP contribution in [-0.4, -0.2) is 55.1 Å². The van der Waals surface area contributed by atoms with E-state index < -0.39 is 14.5 Å². The average molecular weight is 609 g/mol. The molecule has 0 aliphatic heterocycles. The van der Waals surface area contributed by atoms with Gasteiger partial charge in [0.25, 0.3) is 0 Å². The molecule has 240 valence electrons. The lowest BCUT2D eigenvalue weighted by Gasteiger charge is -2.28. The van der Waals surface area contributed by atoms with Gasteiger partial charge >= 0.3 is 0 Å². The van der Waals surface area contributed by atoms with Gasteiger partial charge in [-0.15, -0.1) is 0 Å². The minimum atomic E-state index is -1.01. The van der Waals surface area contributed by atoms with Gasteiger partial charge in [0.05, 0.1) is 43.1 Å². The maximum atomic E-state index is 12.2. The van der Waals surface area contributed by atoms with Crippen LogP contribution in [0.25, 0.3) is 0 Å². The third-order valence-corrected chi connectivity index (χ3v) is 19.6. The summed E-state index contributed by atoms with van der Waals surface area (Å²) >= 11 is 0. The topological polar surface area (TPSA) is 17.1 Å². The van der Waals surface area contributed by atoms with Gasteiger partial charge < -0.3 is 0 Å². The van der Waals surface area contributed by atoms with Gasteiger partial charge in [-0.05, 0) is 72.1 Å². The Balaban J connectivity index is 0.000000856. The Hall–Kier alpha value is -0.250. The first-order valence-corrected chi connectivity index (χ1v) is 23.3. The van der Waals surface area contributed by atoms with Gasteiger partial charge in [-0.2, -0.15) is 0 Å². The molecule has 0 aliphatic carbocycles. The zero-order valence-corrected chi connectivity index (χ0v) is 30.9. The lowest BCUT2D eigenvalue weighted by molar-refractivity contribution is 0.102. The van der Waals surface area contributed by atoms with Gasteiger partial charge in [-0.3, -0.25) is 4.79 Å². The first-order valence-electron chi connectivity index (χ1n) is 18.2. The van der Waals surface area contributed by atoms with Crippen LogP contribution < -0.4 is 0 Å². The van der Waals surface area contributed by atoms with E-state index in [1.165, 1.54) is 121 Å². The van der Waals surface area contributed by atoms with Crippen molar-refractivity contribution in [2.75, 3.05) is 49.3 Å². The van der Waals surface area contributed by atoms with Crippen LogP contribution in [0.2, 0.25) is 0 Å². The van der Waals surface area contributed by atoms with E-state index in [1.807, 2.05) is 30.3 Å². The largest absolute Gasteiger partial charge is 0.290 e. The molecule has 0 amide bonds. The van der Waals surface area contributed by atoms with E-state index in [-0.39, 0.29) is 0 Å². The van der Waals surface area contributed by atoms with E-state index in [4.69, 9.17) is 0 Å². The molecule has 0 aliphatic rings. The van der Waals surface area contributed by atoms with Crippen LogP contribution in [0.1, 0.15) is 162 Å². The summed E-state index contributed by atoms with van der Waals surface area (Å²) in [6.07, 6.45) is 34.4. The molecule has 41 heavy (non-hydrogen) atoms. The molecule has 0 saturated carbocycles. The Bertz CT molecular complexity index is 636. The maximum absolute atomic E-state index is 12.2. The Morgan fingerprint density at radius 2 is 0.805 bits per heavy atom. The molecule has 3 heteroatoms. The van der Waals surface area contributed by atoms with Gasteiger partial charge in [0.1, 0.15) is 6.16 Å². The molecule has 0 atom stereocenters. The zero-order chi connectivity index (χ0) is 30.7. The van der Waals surface area contributed by atoms with Gasteiger partial charge in [-0.25, -0.2) is 0 Å². The summed E-state index contributed by atoms with van der Waals surface area (Å²) in [5.41, 5.74) is 0.877. The highest BCUT2D eigenvalue weighted by Crippen LogP contribution is 2.61. The van der Waals surface area contributed by atoms with Crippen LogP contribution in [-0.2, 0) is 0 Å². The quantitative estimate of drug-likeness (QED) is 0.0581. The normalized spacial score (nSPS) is 11.8. The van der Waals surface area contributed by atoms with Crippen molar-refractivity contribution in [3.63, 3.8) is 0 Å². The molecule has 0 N–H and O–H groups in total. The molecule has 1 rings (SSSR count). The van der Waals surface area contributed by atoms with Crippen molar-refractivity contribution >= 4 is 20.3 Å². The first-order chi connectivity index (χ1) is 19.9. The number of rotatable bonds is 26. The van der Waals surface area contributed by atoms with Crippen LogP contribution in [0.3, 0.4) is 0 Å². The highest BCUT2D eigenvalue weighted by atomic mass is 31.2. The molecule has 1 nitrogen and oxygen atoms in total. The van der Waals surface area contributed by atoms with Crippen molar-refractivity contribution in [3.8, 4) is 0 Å². The van der Waals surface area contributed by atoms with Crippen molar-refractivity contribution < 1.29 is 4.79 Å². The summed E-state index contributed by atoms with van der Waals surface area (Å²) in [6.45, 7) is 16.1. The van der Waals surface area contributed by atoms with E-state index in [9.17, 15) is 4.79 Å². The monoisotopic (exact) mass is 609 g/mol. The van der Waals surface area contributed by atoms with E-state index in [0.29, 0.717) is 5.78 Å². The maximum Gasteiger partial charge on any atom is 0.199 e. The van der Waals surface area contributed by atoms with Gasteiger partial charge in [-0.1, -0.05) is 109 Å². The lowest BCUT2D eigenvalue weighted by atomic mass is 10.2. The molecule has 0 heterocycles. The molecule has 0 unspecified atom stereocenters. The molecular formula is C38H74OP2+2. The van der Waals surface area contributed by atoms with Crippen LogP contribution >= 0.6 is 14.5 Å². The van der Waals surface area contributed by atoms with Crippen LogP contribution in [0.4, 0.5) is 0 Å². The number of unbranched alkanes of at least 4 members (excludes halogenated alkanes) is 12. The molecule has 1 aromatic rings. The predicted octanol–water partition coefficient (Wildman–Crippen LogP) is 13.3. The molecule has 0 bridgehead atoms. The Kier molecular flexibility index (Phi) is 27.1. The van der Waals surface area contributed by atoms with Gasteiger partial charge in [0.2, 0.25) is 0 Å². The molecule has 0 aromatic heterocycles. The van der Waals surface area contributed by atoms with E-state index >= 15 is 0 Å². The lowest BCUT2D eigenvalue weighted by Crippen LogP contribution is -2.15. The fourth-order valence-corrected chi connectivity index (χ4v) is 13.9. The number of carbonyl (C=O) groups is 1. The molecule has 0 fully saturated rings. The summed E-state index contributed by atoms with van der Waals surface area (Å²) in [5, 5.41) is 0. The van der Waals surface area contributed by atoms with E-state index in [2.05, 4.69) is 48.5 Å². The number of hydrogen-bond donors (Lipinski definition) is 0. The van der Waals surface area contributed by atoms with E-state index in [0.717, 1.165) is 11.7 Å². The third kappa shape index (κ3) is 19.6. The fourth-order valence-electron chi connectivity index (χ4n) is 6.19. The van der Waals surface area contributed by atoms with Crippen LogP contribution in [0.15, 0.2) is 30.3 Å². The second-order valence-electron chi connectivity index (χ2n) is 12.7. The van der Waals surface area contributed by atoms with Gasteiger partial charge in [0.15, 0.2) is 5.78 Å². The second-order valence-corrected chi connectivity index (χ2v) is 22.1. The van der Waals surface area contributed by atoms with Crippen molar-refractivity contribution in [1.82, 2.24) is 0 Å². The SMILES string of the molecule is CCCCCC[P+](CCCCCC)(CCCCCC)CCCCCC.CC[P+](CC)(CC)CC(=O)c1ccccc1. The number of ketones is 1. The highest BCUT2D eigenvalue weighted by Gasteiger charge is 2.35. The Labute approximate surface area is 260 Å². The second kappa shape index (κ2) is 27.3. The molecule has 1 aromatic carbocycles. The van der Waals surface area contributed by atoms with Crippen LogP contribution in [0.5, 0.6) is 0 Å². The standard InChI is InChI=1S/C24H52P.C14H22OP/c1-5-9-13-17-21-25(22-18-14-10-6-2,23-19-15-11-7-3)24-20-16-12-8-4;1-4-16(5-2,6-3)12-14(15)13-10-8-7-9-11-13/h5-24H2,1-4H3;7-11H,4-6,12H2,1-3H3/q2*+1. The fraction of sp³-hybridized carbons (Fsp3) is 0.816. The Morgan fingerprint density at radius 3 is 1.10 bits per heavy atom. The summed E-state index contributed by atoms with van der Waals surface area (Å²) in [4.78, 5) is 12.2. The number of Topliss-reactive ketones (excluding diaryl/α,β-unsaturated/α-hetero) is 1. The molecule has 0 spiro atoms. The van der Waals surface area contributed by atoms with E-state index in [1.54, 1.807) is 24.6 Å². The zero-order valence-electron chi connectivity index (χ0n) is 29.2. The van der Waals surface area contributed by atoms with Crippen molar-refractivity contribution in [3.05, 3.63) is 35.9 Å². The number of hydrogen-bond acceptors (Lipinski definition) is 1. The first kappa shape index (κ1) is 40.8. The molecule has 0 radical (unpaired) electrons. The summed E-state index contributed by atoms with van der Waals surface area (Å²) < 4.78 is 0. The molecule has 0 saturated heterocycles. The van der Waals surface area contributed by atoms with Crippen molar-refractivity contribution in [2.24, 2.45) is 0 Å². The van der Waals surface area contributed by atoms with Crippen LogP contribution in [0, 0.1) is 0 Å². The Morgan fingerprint density at radius 1 is 0.463 bits per heavy atom. The summed E-state index contributed by atoms with van der Waals surface area (Å²) in [5.74, 6) is 0.333. The third-order valence-electron chi connectivity index (χ3n) is 9.53. The summed E-state index contributed by atoms with van der Waals surface area (Å²) in [7, 11) is -1.67. The summed E-state index contributed by atoms with van der Waals surface area (Å²) in [6, 6.07) is 9.70. The van der Waals surface area contributed by atoms with Crippen molar-refractivity contribution in [1.29, 1.82) is 0 Å². The highest BCUT2D eigenvalue weighted by molar-refractivity contribution is 7.76. The van der Waals surface area contributed by atoms with Gasteiger partial charge in [0, 0.05) is 20.1 Å². The average Bonchev–Trinajstić information content (AvgIpc) is 3.01. The minimum Gasteiger partial charge on any atom is -0.290 e. The number of carbonyl (C=O) groups excluding carboxylic acids is 1. The predicted molar refractivity (Wildman–Crippen MR) is 197 cm³/mol.